The molecule has 0 aromatic carbocycles. The number of carboxylic acid groups (broad SMARTS) is 2. The minimum Gasteiger partial charge on any atom is -0.465 e. The molecule has 3 atom stereocenters. The number of alkyl halides is 8. The minimum absolute atomic E-state index is 0.0102. The molecule has 1 fully saturated rings. The van der Waals surface area contributed by atoms with Gasteiger partial charge < -0.3 is 10.2 Å². The predicted molar refractivity (Wildman–Crippen MR) is 82.0 cm³/mol. The van der Waals surface area contributed by atoms with E-state index in [1.807, 2.05) is 0 Å². The van der Waals surface area contributed by atoms with E-state index in [9.17, 15) is 49.8 Å². The fraction of sp³-hybridized carbons (Fsp3) is 0.867. The molecule has 1 aliphatic carbocycles. The number of amides is 2. The molecule has 1 saturated carbocycles. The largest absolute Gasteiger partial charge is 0.465 e. The van der Waals surface area contributed by atoms with E-state index in [1.54, 1.807) is 0 Å². The van der Waals surface area contributed by atoms with Crippen LogP contribution in [0.25, 0.3) is 0 Å². The number of halogens is 8. The van der Waals surface area contributed by atoms with Gasteiger partial charge in [0.25, 0.3) is 0 Å². The van der Waals surface area contributed by atoms with Gasteiger partial charge in [-0.3, -0.25) is 9.80 Å². The smallest absolute Gasteiger partial charge is 0.407 e. The van der Waals surface area contributed by atoms with Crippen molar-refractivity contribution in [3.05, 3.63) is 0 Å². The molecule has 0 radical (unpaired) electrons. The van der Waals surface area contributed by atoms with E-state index in [0.29, 0.717) is 0 Å². The molecule has 0 bridgehead atoms. The van der Waals surface area contributed by atoms with Crippen molar-refractivity contribution in [3.63, 3.8) is 0 Å². The summed E-state index contributed by atoms with van der Waals surface area (Å²) in [5.41, 5.74) is 0. The standard InChI is InChI=1S/C15H20F8N2O4/c1-7-2-3-8(24(12(26)27)5-14(20,21)10(16)17)4-9(7)25(13(28)29)6-15(22,23)11(18)19/h7-11H,2-6H2,1H3,(H,26,27)(H,28,29). The monoisotopic (exact) mass is 444 g/mol. The first kappa shape index (κ1) is 25.0. The number of rotatable bonds is 8. The fourth-order valence-electron chi connectivity index (χ4n) is 3.27. The minimum atomic E-state index is -4.69. The van der Waals surface area contributed by atoms with Gasteiger partial charge in [0, 0.05) is 12.1 Å². The van der Waals surface area contributed by atoms with E-state index in [-0.39, 0.29) is 22.6 Å². The van der Waals surface area contributed by atoms with E-state index in [1.165, 1.54) is 6.92 Å². The zero-order valence-electron chi connectivity index (χ0n) is 15.1. The highest BCUT2D eigenvalue weighted by molar-refractivity contribution is 5.66. The van der Waals surface area contributed by atoms with Crippen LogP contribution in [0.2, 0.25) is 0 Å². The first-order valence-electron chi connectivity index (χ1n) is 8.41. The Morgan fingerprint density at radius 1 is 0.897 bits per heavy atom. The Bertz CT molecular complexity index is 593. The Labute approximate surface area is 160 Å². The third-order valence-electron chi connectivity index (χ3n) is 4.86. The quantitative estimate of drug-likeness (QED) is 0.547. The topological polar surface area (TPSA) is 81.1 Å². The van der Waals surface area contributed by atoms with Gasteiger partial charge in [-0.25, -0.2) is 27.2 Å². The van der Waals surface area contributed by atoms with Crippen LogP contribution in [-0.2, 0) is 0 Å². The molecule has 0 heterocycles. The van der Waals surface area contributed by atoms with Crippen LogP contribution in [0.4, 0.5) is 44.7 Å². The highest BCUT2D eigenvalue weighted by atomic mass is 19.3. The van der Waals surface area contributed by atoms with Crippen LogP contribution in [0.1, 0.15) is 26.2 Å². The van der Waals surface area contributed by atoms with Gasteiger partial charge >= 0.3 is 36.9 Å². The number of carbonyl (C=O) groups is 2. The Morgan fingerprint density at radius 3 is 1.69 bits per heavy atom. The van der Waals surface area contributed by atoms with Gasteiger partial charge in [0.2, 0.25) is 0 Å². The van der Waals surface area contributed by atoms with E-state index in [2.05, 4.69) is 0 Å². The fourth-order valence-corrected chi connectivity index (χ4v) is 3.27. The van der Waals surface area contributed by atoms with Crippen LogP contribution < -0.4 is 0 Å². The second-order valence-corrected chi connectivity index (χ2v) is 6.96. The second kappa shape index (κ2) is 9.20. The van der Waals surface area contributed by atoms with Crippen molar-refractivity contribution in [2.75, 3.05) is 13.1 Å². The van der Waals surface area contributed by atoms with Crippen LogP contribution in [0.3, 0.4) is 0 Å². The lowest BCUT2D eigenvalue weighted by Crippen LogP contribution is -2.57. The normalized spacial score (nSPS) is 23.3. The molecule has 0 spiro atoms. The van der Waals surface area contributed by atoms with Crippen LogP contribution in [0, 0.1) is 5.92 Å². The van der Waals surface area contributed by atoms with Crippen molar-refractivity contribution in [2.24, 2.45) is 5.92 Å². The molecule has 29 heavy (non-hydrogen) atoms. The van der Waals surface area contributed by atoms with Gasteiger partial charge in [-0.15, -0.1) is 0 Å². The molecule has 0 aromatic rings. The van der Waals surface area contributed by atoms with Crippen LogP contribution in [0.15, 0.2) is 0 Å². The van der Waals surface area contributed by atoms with Crippen molar-refractivity contribution >= 4 is 12.2 Å². The molecule has 1 rings (SSSR count). The Balaban J connectivity index is 3.10. The molecule has 170 valence electrons. The maximum Gasteiger partial charge on any atom is 0.407 e. The second-order valence-electron chi connectivity index (χ2n) is 6.96. The SMILES string of the molecule is CC1CCC(N(CC(F)(F)C(F)F)C(=O)O)CC1N(CC(F)(F)C(F)F)C(=O)O. The zero-order valence-corrected chi connectivity index (χ0v) is 15.1. The Hall–Kier alpha value is -2.02. The summed E-state index contributed by atoms with van der Waals surface area (Å²) in [6, 6.07) is -2.79. The molecule has 6 nitrogen and oxygen atoms in total. The summed E-state index contributed by atoms with van der Waals surface area (Å²) in [7, 11) is 0. The molecule has 0 aromatic heterocycles. The van der Waals surface area contributed by atoms with Crippen molar-refractivity contribution in [3.8, 4) is 0 Å². The molecule has 2 amide bonds. The van der Waals surface area contributed by atoms with E-state index < -0.39 is 74.4 Å². The third-order valence-corrected chi connectivity index (χ3v) is 4.86. The summed E-state index contributed by atoms with van der Waals surface area (Å²) in [6.45, 7) is -2.37. The van der Waals surface area contributed by atoms with Gasteiger partial charge in [0.1, 0.15) is 0 Å². The predicted octanol–water partition coefficient (Wildman–Crippen LogP) is 4.30. The molecule has 2 N–H and O–H groups in total. The molecule has 1 aliphatic rings. The van der Waals surface area contributed by atoms with Gasteiger partial charge in [-0.2, -0.15) is 17.6 Å². The van der Waals surface area contributed by atoms with Gasteiger partial charge in [0.15, 0.2) is 0 Å². The summed E-state index contributed by atoms with van der Waals surface area (Å²) < 4.78 is 103. The average Bonchev–Trinajstić information content (AvgIpc) is 2.57. The van der Waals surface area contributed by atoms with Gasteiger partial charge in [-0.05, 0) is 25.2 Å². The lowest BCUT2D eigenvalue weighted by atomic mass is 9.81. The summed E-state index contributed by atoms with van der Waals surface area (Å²) in [4.78, 5) is 22.7. The Kier molecular flexibility index (Phi) is 7.94. The number of nitrogens with zero attached hydrogens (tertiary/aromatic N) is 2. The maximum absolute atomic E-state index is 13.4. The lowest BCUT2D eigenvalue weighted by molar-refractivity contribution is -0.150. The lowest BCUT2D eigenvalue weighted by Gasteiger charge is -2.44. The molecular formula is C15H20F8N2O4. The number of hydrogen-bond donors (Lipinski definition) is 2. The first-order chi connectivity index (χ1) is 13.1. The summed E-state index contributed by atoms with van der Waals surface area (Å²) in [5.74, 6) is -10.1. The first-order valence-corrected chi connectivity index (χ1v) is 8.41. The Morgan fingerprint density at radius 2 is 1.31 bits per heavy atom. The summed E-state index contributed by atoms with van der Waals surface area (Å²) in [5, 5.41) is 18.3. The van der Waals surface area contributed by atoms with Crippen molar-refractivity contribution < 1.29 is 54.9 Å². The summed E-state index contributed by atoms with van der Waals surface area (Å²) >= 11 is 0. The van der Waals surface area contributed by atoms with Crippen LogP contribution >= 0.6 is 0 Å². The van der Waals surface area contributed by atoms with Gasteiger partial charge in [-0.1, -0.05) is 6.92 Å². The zero-order chi connectivity index (χ0) is 22.7. The molecule has 0 aliphatic heterocycles. The maximum atomic E-state index is 13.4. The average molecular weight is 444 g/mol. The van der Waals surface area contributed by atoms with Crippen molar-refractivity contribution in [2.45, 2.75) is 63.0 Å². The molecule has 3 unspecified atom stereocenters. The highest BCUT2D eigenvalue weighted by Gasteiger charge is 2.49. The van der Waals surface area contributed by atoms with E-state index >= 15 is 0 Å². The highest BCUT2D eigenvalue weighted by Crippen LogP contribution is 2.35. The van der Waals surface area contributed by atoms with E-state index in [0.717, 1.165) is 0 Å². The van der Waals surface area contributed by atoms with E-state index in [4.69, 9.17) is 5.11 Å². The molecular weight excluding hydrogens is 424 g/mol. The third kappa shape index (κ3) is 6.23. The molecule has 14 heteroatoms. The summed E-state index contributed by atoms with van der Waals surface area (Å²) in [6.07, 6.45) is -13.0. The molecule has 0 saturated heterocycles. The van der Waals surface area contributed by atoms with Crippen molar-refractivity contribution in [1.82, 2.24) is 9.80 Å². The van der Waals surface area contributed by atoms with Crippen LogP contribution in [-0.4, -0.2) is 82.1 Å². The van der Waals surface area contributed by atoms with Gasteiger partial charge in [0.05, 0.1) is 13.1 Å². The van der Waals surface area contributed by atoms with Crippen molar-refractivity contribution in [1.29, 1.82) is 0 Å². The van der Waals surface area contributed by atoms with Crippen LogP contribution in [0.5, 0.6) is 0 Å². The number of hydrogen-bond acceptors (Lipinski definition) is 2.